The fourth-order valence-electron chi connectivity index (χ4n) is 4.54. The fraction of sp³-hybridized carbons (Fsp3) is 0.423. The van der Waals surface area contributed by atoms with E-state index in [1.54, 1.807) is 33.7 Å². The van der Waals surface area contributed by atoms with Gasteiger partial charge in [-0.1, -0.05) is 36.7 Å². The summed E-state index contributed by atoms with van der Waals surface area (Å²) in [5, 5.41) is 4.73. The average molecular weight is 516 g/mol. The number of piperazine rings is 1. The number of nitrogens with zero attached hydrogens (tertiary/aromatic N) is 5. The van der Waals surface area contributed by atoms with Gasteiger partial charge >= 0.3 is 0 Å². The second-order valence-corrected chi connectivity index (χ2v) is 9.20. The number of carbonyl (C=O) groups is 2. The van der Waals surface area contributed by atoms with Crippen molar-refractivity contribution in [1.82, 2.24) is 19.6 Å². The van der Waals surface area contributed by atoms with Crippen molar-refractivity contribution in [2.24, 2.45) is 0 Å². The van der Waals surface area contributed by atoms with Crippen molar-refractivity contribution >= 4 is 29.1 Å². The highest BCUT2D eigenvalue weighted by molar-refractivity contribution is 6.32. The number of rotatable bonds is 7. The Morgan fingerprint density at radius 3 is 2.56 bits per heavy atom. The molecule has 10 heteroatoms. The number of hydrogen-bond donors (Lipinski definition) is 0. The zero-order valence-electron chi connectivity index (χ0n) is 20.8. The molecule has 1 aromatic carbocycles. The van der Waals surface area contributed by atoms with E-state index in [-0.39, 0.29) is 24.1 Å². The molecular weight excluding hydrogens is 485 g/mol. The Hall–Kier alpha value is -3.33. The standard InChI is InChI=1S/C26H31ClFN5O3/c1-4-7-20(27)19(18(2)28)17-32-14-15-33-23(26(32)35)16-21(29-33)25(34)31-12-10-30(11-13-31)22-8-5-6-9-24(22)36-3/h5-9,16H,4,10-15,17H2,1-3H3/b19-18+,20-7+. The van der Waals surface area contributed by atoms with Crippen LogP contribution >= 0.6 is 11.6 Å². The van der Waals surface area contributed by atoms with E-state index in [0.29, 0.717) is 62.0 Å². The molecule has 2 aromatic rings. The minimum absolute atomic E-state index is 0.0653. The third-order valence-corrected chi connectivity index (χ3v) is 6.90. The van der Waals surface area contributed by atoms with Crippen molar-refractivity contribution in [2.45, 2.75) is 26.8 Å². The minimum atomic E-state index is -0.417. The summed E-state index contributed by atoms with van der Waals surface area (Å²) in [4.78, 5) is 31.8. The SMILES string of the molecule is CC/C=C(Cl)\C(CN1CCn2nc(C(=O)N3CCN(c4ccccc4OC)CC3)cc2C1=O)=C(/C)F. The lowest BCUT2D eigenvalue weighted by Crippen LogP contribution is -2.49. The highest BCUT2D eigenvalue weighted by atomic mass is 35.5. The van der Waals surface area contributed by atoms with Crippen LogP contribution in [0.25, 0.3) is 0 Å². The zero-order chi connectivity index (χ0) is 25.8. The average Bonchev–Trinajstić information content (AvgIpc) is 3.33. The third kappa shape index (κ3) is 5.26. The number of ether oxygens (including phenoxy) is 1. The summed E-state index contributed by atoms with van der Waals surface area (Å²) in [6.45, 7) is 6.48. The Morgan fingerprint density at radius 2 is 1.89 bits per heavy atom. The lowest BCUT2D eigenvalue weighted by Gasteiger charge is -2.36. The molecule has 192 valence electrons. The lowest BCUT2D eigenvalue weighted by molar-refractivity contribution is 0.0708. The molecular formula is C26H31ClFN5O3. The van der Waals surface area contributed by atoms with Gasteiger partial charge in [0.05, 0.1) is 25.9 Å². The van der Waals surface area contributed by atoms with Crippen LogP contribution in [0.2, 0.25) is 0 Å². The van der Waals surface area contributed by atoms with E-state index < -0.39 is 5.83 Å². The largest absolute Gasteiger partial charge is 0.495 e. The molecule has 0 saturated carbocycles. The molecule has 0 radical (unpaired) electrons. The van der Waals surface area contributed by atoms with Crippen LogP contribution in [0.4, 0.5) is 10.1 Å². The molecule has 2 amide bonds. The van der Waals surface area contributed by atoms with Gasteiger partial charge in [0.2, 0.25) is 0 Å². The number of para-hydroxylation sites is 2. The van der Waals surface area contributed by atoms with Crippen LogP contribution in [-0.4, -0.2) is 77.8 Å². The van der Waals surface area contributed by atoms with Crippen molar-refractivity contribution in [3.05, 3.63) is 64.2 Å². The molecule has 0 bridgehead atoms. The Bertz CT molecular complexity index is 1200. The first-order valence-electron chi connectivity index (χ1n) is 12.1. The zero-order valence-corrected chi connectivity index (χ0v) is 21.6. The second-order valence-electron chi connectivity index (χ2n) is 8.79. The summed E-state index contributed by atoms with van der Waals surface area (Å²) in [6, 6.07) is 9.36. The van der Waals surface area contributed by atoms with Crippen molar-refractivity contribution in [3.63, 3.8) is 0 Å². The molecule has 1 fully saturated rings. The molecule has 1 aromatic heterocycles. The molecule has 0 unspecified atom stereocenters. The van der Waals surface area contributed by atoms with Gasteiger partial charge in [-0.25, -0.2) is 4.39 Å². The summed E-state index contributed by atoms with van der Waals surface area (Å²) < 4.78 is 21.2. The molecule has 2 aliphatic heterocycles. The molecule has 1 saturated heterocycles. The van der Waals surface area contributed by atoms with Crippen LogP contribution in [-0.2, 0) is 6.54 Å². The molecule has 0 spiro atoms. The third-order valence-electron chi connectivity index (χ3n) is 6.52. The van der Waals surface area contributed by atoms with Crippen molar-refractivity contribution in [3.8, 4) is 5.75 Å². The fourth-order valence-corrected chi connectivity index (χ4v) is 4.88. The summed E-state index contributed by atoms with van der Waals surface area (Å²) in [5.41, 5.74) is 1.86. The van der Waals surface area contributed by atoms with Gasteiger partial charge in [-0.15, -0.1) is 0 Å². The Morgan fingerprint density at radius 1 is 1.17 bits per heavy atom. The molecule has 36 heavy (non-hydrogen) atoms. The smallest absolute Gasteiger partial charge is 0.274 e. The van der Waals surface area contributed by atoms with E-state index in [4.69, 9.17) is 16.3 Å². The van der Waals surface area contributed by atoms with E-state index in [0.717, 1.165) is 11.4 Å². The number of amides is 2. The van der Waals surface area contributed by atoms with Crippen LogP contribution in [0.15, 0.2) is 52.8 Å². The van der Waals surface area contributed by atoms with Crippen molar-refractivity contribution in [2.75, 3.05) is 51.3 Å². The number of anilines is 1. The number of methoxy groups -OCH3 is 1. The predicted molar refractivity (Wildman–Crippen MR) is 137 cm³/mol. The van der Waals surface area contributed by atoms with Gasteiger partial charge in [0.25, 0.3) is 11.8 Å². The maximum Gasteiger partial charge on any atom is 0.274 e. The van der Waals surface area contributed by atoms with Gasteiger partial charge < -0.3 is 19.4 Å². The lowest BCUT2D eigenvalue weighted by atomic mass is 10.1. The van der Waals surface area contributed by atoms with Crippen molar-refractivity contribution in [1.29, 1.82) is 0 Å². The van der Waals surface area contributed by atoms with Gasteiger partial charge in [0, 0.05) is 49.4 Å². The summed E-state index contributed by atoms with van der Waals surface area (Å²) in [5.74, 6) is -0.118. The Balaban J connectivity index is 1.43. The molecule has 0 aliphatic carbocycles. The van der Waals surface area contributed by atoms with Crippen LogP contribution in [0.1, 0.15) is 41.2 Å². The molecule has 8 nitrogen and oxygen atoms in total. The maximum absolute atomic E-state index is 14.2. The molecule has 0 N–H and O–H groups in total. The summed E-state index contributed by atoms with van der Waals surface area (Å²) >= 11 is 6.25. The van der Waals surface area contributed by atoms with Gasteiger partial charge in [0.1, 0.15) is 17.3 Å². The van der Waals surface area contributed by atoms with E-state index >= 15 is 0 Å². The first-order chi connectivity index (χ1) is 17.3. The highest BCUT2D eigenvalue weighted by Crippen LogP contribution is 2.29. The maximum atomic E-state index is 14.2. The molecule has 0 atom stereocenters. The normalized spacial score (nSPS) is 17.2. The number of fused-ring (bicyclic) bond motifs is 1. The second kappa shape index (κ2) is 11.2. The van der Waals surface area contributed by atoms with E-state index in [1.165, 1.54) is 6.92 Å². The quantitative estimate of drug-likeness (QED) is 0.519. The van der Waals surface area contributed by atoms with Gasteiger partial charge in [-0.05, 0) is 25.5 Å². The van der Waals surface area contributed by atoms with Gasteiger partial charge in [-0.3, -0.25) is 14.3 Å². The monoisotopic (exact) mass is 515 g/mol. The topological polar surface area (TPSA) is 70.9 Å². The van der Waals surface area contributed by atoms with Crippen LogP contribution < -0.4 is 9.64 Å². The number of aromatic nitrogens is 2. The predicted octanol–water partition coefficient (Wildman–Crippen LogP) is 4.09. The highest BCUT2D eigenvalue weighted by Gasteiger charge is 2.31. The van der Waals surface area contributed by atoms with Gasteiger partial charge in [-0.2, -0.15) is 5.10 Å². The Labute approximate surface area is 215 Å². The summed E-state index contributed by atoms with van der Waals surface area (Å²) in [6.07, 6.45) is 2.39. The van der Waals surface area contributed by atoms with Crippen LogP contribution in [0.5, 0.6) is 5.75 Å². The number of hydrogen-bond acceptors (Lipinski definition) is 5. The van der Waals surface area contributed by atoms with E-state index in [1.807, 2.05) is 31.2 Å². The van der Waals surface area contributed by atoms with E-state index in [2.05, 4.69) is 10.00 Å². The van der Waals surface area contributed by atoms with E-state index in [9.17, 15) is 14.0 Å². The summed E-state index contributed by atoms with van der Waals surface area (Å²) in [7, 11) is 1.65. The molecule has 2 aliphatic rings. The molecule has 3 heterocycles. The van der Waals surface area contributed by atoms with Crippen LogP contribution in [0.3, 0.4) is 0 Å². The van der Waals surface area contributed by atoms with Crippen molar-refractivity contribution < 1.29 is 18.7 Å². The number of benzene rings is 1. The van der Waals surface area contributed by atoms with Gasteiger partial charge in [0.15, 0.2) is 5.69 Å². The number of halogens is 2. The van der Waals surface area contributed by atoms with Crippen LogP contribution in [0, 0.1) is 0 Å². The Kier molecular flexibility index (Phi) is 7.98. The first kappa shape index (κ1) is 25.8. The minimum Gasteiger partial charge on any atom is -0.495 e. The number of carbonyl (C=O) groups excluding carboxylic acids is 2. The number of allylic oxidation sites excluding steroid dienone is 2. The molecule has 4 rings (SSSR count). The first-order valence-corrected chi connectivity index (χ1v) is 12.5.